The molecule has 1 N–H and O–H groups in total. The summed E-state index contributed by atoms with van der Waals surface area (Å²) in [7, 11) is 0. The molecule has 6 heteroatoms. The molecule has 1 aliphatic heterocycles. The van der Waals surface area contributed by atoms with Crippen LogP contribution in [0.4, 0.5) is 5.82 Å². The molecule has 1 saturated heterocycles. The van der Waals surface area contributed by atoms with Crippen LogP contribution in [0.25, 0.3) is 0 Å². The summed E-state index contributed by atoms with van der Waals surface area (Å²) in [4.78, 5) is 9.12. The zero-order valence-corrected chi connectivity index (χ0v) is 13.1. The van der Waals surface area contributed by atoms with Gasteiger partial charge in [0.15, 0.2) is 5.82 Å². The highest BCUT2D eigenvalue weighted by Gasteiger charge is 2.21. The average molecular weight is 332 g/mol. The van der Waals surface area contributed by atoms with Crippen molar-refractivity contribution in [1.82, 2.24) is 9.97 Å². The monoisotopic (exact) mass is 331 g/mol. The summed E-state index contributed by atoms with van der Waals surface area (Å²) in [6.07, 6.45) is 1.10. The normalized spacial score (nSPS) is 19.8. The topological polar surface area (TPSA) is 47.0 Å². The van der Waals surface area contributed by atoms with Gasteiger partial charge in [-0.25, -0.2) is 9.97 Å². The zero-order valence-electron chi connectivity index (χ0n) is 10.7. The van der Waals surface area contributed by atoms with E-state index in [-0.39, 0.29) is 6.10 Å². The summed E-state index contributed by atoms with van der Waals surface area (Å²) < 4.78 is 6.68. The minimum Gasteiger partial charge on any atom is -0.369 e. The Balaban J connectivity index is 2.22. The first-order valence-electron chi connectivity index (χ1n) is 6.19. The van der Waals surface area contributed by atoms with Crippen LogP contribution in [0.5, 0.6) is 0 Å². The van der Waals surface area contributed by atoms with Crippen molar-refractivity contribution in [3.63, 3.8) is 0 Å². The Morgan fingerprint density at radius 1 is 1.50 bits per heavy atom. The summed E-state index contributed by atoms with van der Waals surface area (Å²) in [5, 5.41) is 3.32. The molecule has 0 aliphatic carbocycles. The third-order valence-electron chi connectivity index (χ3n) is 2.68. The van der Waals surface area contributed by atoms with Crippen molar-refractivity contribution in [1.29, 1.82) is 0 Å². The first kappa shape index (κ1) is 14.1. The van der Waals surface area contributed by atoms with Gasteiger partial charge < -0.3 is 10.1 Å². The lowest BCUT2D eigenvalue weighted by Gasteiger charge is -2.22. The second kappa shape index (κ2) is 6.73. The first-order chi connectivity index (χ1) is 8.72. The molecule has 1 fully saturated rings. The van der Waals surface area contributed by atoms with Crippen LogP contribution in [0.15, 0.2) is 4.47 Å². The number of thioether (sulfide) groups is 1. The maximum absolute atomic E-state index is 5.73. The van der Waals surface area contributed by atoms with Gasteiger partial charge >= 0.3 is 0 Å². The molecule has 100 valence electrons. The lowest BCUT2D eigenvalue weighted by Crippen LogP contribution is -2.19. The van der Waals surface area contributed by atoms with Crippen LogP contribution in [0, 0.1) is 6.92 Å². The molecule has 0 amide bonds. The number of nitrogens with zero attached hydrogens (tertiary/aromatic N) is 2. The summed E-state index contributed by atoms with van der Waals surface area (Å²) in [5.74, 6) is 3.67. The molecule has 4 nitrogen and oxygen atoms in total. The van der Waals surface area contributed by atoms with E-state index in [0.29, 0.717) is 0 Å². The van der Waals surface area contributed by atoms with E-state index in [4.69, 9.17) is 4.74 Å². The van der Waals surface area contributed by atoms with Gasteiger partial charge in [-0.3, -0.25) is 0 Å². The Hall–Kier alpha value is -0.330. The van der Waals surface area contributed by atoms with Gasteiger partial charge in [-0.15, -0.1) is 0 Å². The largest absolute Gasteiger partial charge is 0.369 e. The molecule has 2 rings (SSSR count). The van der Waals surface area contributed by atoms with Crippen LogP contribution in [0.2, 0.25) is 0 Å². The van der Waals surface area contributed by atoms with E-state index in [1.807, 2.05) is 18.7 Å². The smallest absolute Gasteiger partial charge is 0.160 e. The number of hydrogen-bond acceptors (Lipinski definition) is 5. The lowest BCUT2D eigenvalue weighted by atomic mass is 10.3. The second-order valence-electron chi connectivity index (χ2n) is 4.19. The van der Waals surface area contributed by atoms with Gasteiger partial charge in [0.1, 0.15) is 11.9 Å². The quantitative estimate of drug-likeness (QED) is 0.918. The zero-order chi connectivity index (χ0) is 13.0. The Labute approximate surface area is 120 Å². The fraction of sp³-hybridized carbons (Fsp3) is 0.667. The number of hydrogen-bond donors (Lipinski definition) is 1. The van der Waals surface area contributed by atoms with Crippen LogP contribution >= 0.6 is 27.7 Å². The molecular weight excluding hydrogens is 314 g/mol. The third-order valence-corrected chi connectivity index (χ3v) is 4.62. The fourth-order valence-corrected chi connectivity index (χ4v) is 2.88. The van der Waals surface area contributed by atoms with E-state index in [0.717, 1.165) is 52.9 Å². The number of rotatable bonds is 4. The van der Waals surface area contributed by atoms with E-state index in [1.54, 1.807) is 0 Å². The van der Waals surface area contributed by atoms with Crippen LogP contribution in [-0.4, -0.2) is 34.6 Å². The highest BCUT2D eigenvalue weighted by Crippen LogP contribution is 2.29. The molecule has 0 bridgehead atoms. The van der Waals surface area contributed by atoms with E-state index < -0.39 is 0 Å². The molecular formula is C12H18BrN3OS. The Morgan fingerprint density at radius 2 is 2.33 bits per heavy atom. The summed E-state index contributed by atoms with van der Waals surface area (Å²) in [5.41, 5.74) is 0.956. The van der Waals surface area contributed by atoms with Crippen molar-refractivity contribution >= 4 is 33.5 Å². The number of nitrogens with one attached hydrogen (secondary N) is 1. The van der Waals surface area contributed by atoms with Gasteiger partial charge in [0, 0.05) is 18.1 Å². The maximum atomic E-state index is 5.73. The predicted octanol–water partition coefficient (Wildman–Crippen LogP) is 3.17. The molecule has 1 aromatic heterocycles. The van der Waals surface area contributed by atoms with Crippen molar-refractivity contribution in [2.75, 3.05) is 30.0 Å². The SMILES string of the molecule is CCCNc1nc(C2CSCCO2)nc(C)c1Br. The van der Waals surface area contributed by atoms with Gasteiger partial charge in [-0.2, -0.15) is 11.8 Å². The van der Waals surface area contributed by atoms with E-state index >= 15 is 0 Å². The average Bonchev–Trinajstić information content (AvgIpc) is 2.41. The lowest BCUT2D eigenvalue weighted by molar-refractivity contribution is 0.0694. The molecule has 1 aromatic rings. The number of aryl methyl sites for hydroxylation is 1. The molecule has 1 atom stereocenters. The van der Waals surface area contributed by atoms with Crippen molar-refractivity contribution in [2.24, 2.45) is 0 Å². The van der Waals surface area contributed by atoms with Gasteiger partial charge in [-0.1, -0.05) is 6.92 Å². The van der Waals surface area contributed by atoms with E-state index in [1.165, 1.54) is 0 Å². The highest BCUT2D eigenvalue weighted by atomic mass is 79.9. The number of anilines is 1. The van der Waals surface area contributed by atoms with E-state index in [2.05, 4.69) is 38.1 Å². The summed E-state index contributed by atoms with van der Waals surface area (Å²) in [6, 6.07) is 0. The first-order valence-corrected chi connectivity index (χ1v) is 8.14. The standard InChI is InChI=1S/C12H18BrN3OS/c1-3-4-14-12-10(13)8(2)15-11(16-12)9-7-18-6-5-17-9/h9H,3-7H2,1-2H3,(H,14,15,16). The van der Waals surface area contributed by atoms with Crippen LogP contribution < -0.4 is 5.32 Å². The van der Waals surface area contributed by atoms with Crippen molar-refractivity contribution in [3.8, 4) is 0 Å². The molecule has 1 aliphatic rings. The summed E-state index contributed by atoms with van der Waals surface area (Å²) in [6.45, 7) is 5.82. The van der Waals surface area contributed by atoms with Crippen LogP contribution in [0.3, 0.4) is 0 Å². The van der Waals surface area contributed by atoms with Gasteiger partial charge in [0.25, 0.3) is 0 Å². The van der Waals surface area contributed by atoms with Crippen LogP contribution in [0.1, 0.15) is 31.0 Å². The maximum Gasteiger partial charge on any atom is 0.160 e. The second-order valence-corrected chi connectivity index (χ2v) is 6.13. The Bertz CT molecular complexity index is 411. The molecule has 0 aromatic carbocycles. The molecule has 0 radical (unpaired) electrons. The minimum absolute atomic E-state index is 0.0257. The summed E-state index contributed by atoms with van der Waals surface area (Å²) >= 11 is 5.43. The minimum atomic E-state index is 0.0257. The Morgan fingerprint density at radius 3 is 3.00 bits per heavy atom. The number of aromatic nitrogens is 2. The number of halogens is 1. The molecule has 0 saturated carbocycles. The van der Waals surface area contributed by atoms with Gasteiger partial charge in [-0.05, 0) is 29.3 Å². The van der Waals surface area contributed by atoms with E-state index in [9.17, 15) is 0 Å². The number of ether oxygens (including phenoxy) is 1. The van der Waals surface area contributed by atoms with Crippen LogP contribution in [-0.2, 0) is 4.74 Å². The van der Waals surface area contributed by atoms with Gasteiger partial charge in [0.05, 0.1) is 16.8 Å². The van der Waals surface area contributed by atoms with Crippen molar-refractivity contribution < 1.29 is 4.74 Å². The van der Waals surface area contributed by atoms with Gasteiger partial charge in [0.2, 0.25) is 0 Å². The molecule has 0 spiro atoms. The third kappa shape index (κ3) is 3.36. The fourth-order valence-electron chi connectivity index (χ4n) is 1.72. The molecule has 2 heterocycles. The predicted molar refractivity (Wildman–Crippen MR) is 79.3 cm³/mol. The Kier molecular flexibility index (Phi) is 5.26. The molecule has 1 unspecified atom stereocenters. The highest BCUT2D eigenvalue weighted by molar-refractivity contribution is 9.10. The van der Waals surface area contributed by atoms with Crippen molar-refractivity contribution in [2.45, 2.75) is 26.4 Å². The molecule has 18 heavy (non-hydrogen) atoms. The van der Waals surface area contributed by atoms with Crippen molar-refractivity contribution in [3.05, 3.63) is 16.0 Å².